The summed E-state index contributed by atoms with van der Waals surface area (Å²) in [4.78, 5) is 5.92. The summed E-state index contributed by atoms with van der Waals surface area (Å²) in [5.74, 6) is 0. The average molecular weight is 196 g/mol. The Kier molecular flexibility index (Phi) is 2.96. The number of thiazole rings is 1. The molecule has 0 saturated carbocycles. The Hall–Kier alpha value is -0.410. The van der Waals surface area contributed by atoms with Crippen LogP contribution >= 0.6 is 11.3 Å². The normalized spacial score (nSPS) is 23.3. The van der Waals surface area contributed by atoms with E-state index >= 15 is 0 Å². The highest BCUT2D eigenvalue weighted by atomic mass is 32.1. The lowest BCUT2D eigenvalue weighted by Crippen LogP contribution is -2.27. The largest absolute Gasteiger partial charge is 0.309 e. The van der Waals surface area contributed by atoms with Gasteiger partial charge in [-0.2, -0.15) is 0 Å². The summed E-state index contributed by atoms with van der Waals surface area (Å²) in [5.41, 5.74) is 3.29. The summed E-state index contributed by atoms with van der Waals surface area (Å²) < 4.78 is 0. The fourth-order valence-corrected chi connectivity index (χ4v) is 2.69. The third-order valence-corrected chi connectivity index (χ3v) is 3.63. The highest BCUT2D eigenvalue weighted by Gasteiger charge is 2.19. The van der Waals surface area contributed by atoms with Gasteiger partial charge in [-0.25, -0.2) is 4.98 Å². The summed E-state index contributed by atoms with van der Waals surface area (Å²) in [7, 11) is 0. The Morgan fingerprint density at radius 3 is 3.23 bits per heavy atom. The van der Waals surface area contributed by atoms with Crippen LogP contribution in [0, 0.1) is 0 Å². The van der Waals surface area contributed by atoms with Crippen LogP contribution in [0.1, 0.15) is 42.8 Å². The van der Waals surface area contributed by atoms with E-state index in [-0.39, 0.29) is 0 Å². The molecule has 1 aliphatic heterocycles. The minimum atomic E-state index is 0.537. The summed E-state index contributed by atoms with van der Waals surface area (Å²) in [6.45, 7) is 3.37. The number of nitrogens with zero attached hydrogens (tertiary/aromatic N) is 1. The number of hydrogen-bond donors (Lipinski definition) is 1. The van der Waals surface area contributed by atoms with Gasteiger partial charge >= 0.3 is 0 Å². The van der Waals surface area contributed by atoms with Crippen LogP contribution in [0.4, 0.5) is 0 Å². The summed E-state index contributed by atoms with van der Waals surface area (Å²) in [6.07, 6.45) is 5.05. The summed E-state index contributed by atoms with van der Waals surface area (Å²) in [6, 6.07) is 0.537. The lowest BCUT2D eigenvalue weighted by molar-refractivity contribution is 0.405. The Morgan fingerprint density at radius 2 is 2.54 bits per heavy atom. The van der Waals surface area contributed by atoms with E-state index in [1.165, 1.54) is 29.8 Å². The average Bonchev–Trinajstić information content (AvgIpc) is 2.67. The number of piperidine rings is 1. The van der Waals surface area contributed by atoms with Crippen LogP contribution in [-0.4, -0.2) is 11.5 Å². The highest BCUT2D eigenvalue weighted by Crippen LogP contribution is 2.26. The van der Waals surface area contributed by atoms with Crippen LogP contribution < -0.4 is 5.32 Å². The molecule has 0 amide bonds. The van der Waals surface area contributed by atoms with Gasteiger partial charge < -0.3 is 5.32 Å². The molecular formula is C10H16N2S. The first-order valence-electron chi connectivity index (χ1n) is 5.07. The second-order valence-electron chi connectivity index (χ2n) is 3.52. The van der Waals surface area contributed by atoms with Crippen molar-refractivity contribution in [3.8, 4) is 0 Å². The second-order valence-corrected chi connectivity index (χ2v) is 4.46. The molecule has 1 atom stereocenters. The number of hydrogen-bond acceptors (Lipinski definition) is 3. The Balaban J connectivity index is 2.13. The lowest BCUT2D eigenvalue weighted by atomic mass is 10.0. The van der Waals surface area contributed by atoms with Gasteiger partial charge in [-0.15, -0.1) is 11.3 Å². The zero-order valence-electron chi connectivity index (χ0n) is 8.05. The molecule has 1 aliphatic rings. The smallest absolute Gasteiger partial charge is 0.0798 e. The quantitative estimate of drug-likeness (QED) is 0.786. The molecule has 2 rings (SSSR count). The van der Waals surface area contributed by atoms with Gasteiger partial charge in [-0.05, 0) is 25.8 Å². The maximum Gasteiger partial charge on any atom is 0.0798 e. The van der Waals surface area contributed by atoms with Crippen molar-refractivity contribution >= 4 is 11.3 Å². The molecule has 13 heavy (non-hydrogen) atoms. The molecule has 2 heterocycles. The van der Waals surface area contributed by atoms with E-state index < -0.39 is 0 Å². The molecule has 1 N–H and O–H groups in total. The van der Waals surface area contributed by atoms with Crippen LogP contribution in [-0.2, 0) is 6.42 Å². The SMILES string of the molecule is CCc1scnc1C1CCCCN1. The monoisotopic (exact) mass is 196 g/mol. The van der Waals surface area contributed by atoms with Crippen molar-refractivity contribution in [2.75, 3.05) is 6.54 Å². The number of aryl methyl sites for hydroxylation is 1. The molecule has 0 bridgehead atoms. The molecular weight excluding hydrogens is 180 g/mol. The van der Waals surface area contributed by atoms with E-state index in [1.54, 1.807) is 11.3 Å². The van der Waals surface area contributed by atoms with Crippen molar-refractivity contribution in [3.05, 3.63) is 16.1 Å². The second kappa shape index (κ2) is 4.20. The maximum absolute atomic E-state index is 4.47. The third kappa shape index (κ3) is 1.92. The maximum atomic E-state index is 4.47. The van der Waals surface area contributed by atoms with E-state index in [2.05, 4.69) is 17.2 Å². The molecule has 0 aromatic carbocycles. The molecule has 1 aromatic rings. The van der Waals surface area contributed by atoms with Gasteiger partial charge in [0, 0.05) is 4.88 Å². The zero-order valence-corrected chi connectivity index (χ0v) is 8.86. The van der Waals surface area contributed by atoms with Crippen molar-refractivity contribution in [3.63, 3.8) is 0 Å². The first kappa shape index (κ1) is 9.16. The van der Waals surface area contributed by atoms with Gasteiger partial charge in [-0.3, -0.25) is 0 Å². The number of rotatable bonds is 2. The molecule has 3 heteroatoms. The lowest BCUT2D eigenvalue weighted by Gasteiger charge is -2.22. The van der Waals surface area contributed by atoms with Crippen molar-refractivity contribution < 1.29 is 0 Å². The molecule has 0 radical (unpaired) electrons. The minimum Gasteiger partial charge on any atom is -0.309 e. The van der Waals surface area contributed by atoms with Gasteiger partial charge in [0.1, 0.15) is 0 Å². The van der Waals surface area contributed by atoms with Crippen LogP contribution in [0.2, 0.25) is 0 Å². The molecule has 1 saturated heterocycles. The van der Waals surface area contributed by atoms with E-state index in [0.717, 1.165) is 13.0 Å². The van der Waals surface area contributed by atoms with Gasteiger partial charge in [0.15, 0.2) is 0 Å². The van der Waals surface area contributed by atoms with Gasteiger partial charge in [0.05, 0.1) is 17.2 Å². The standard InChI is InChI=1S/C10H16N2S/c1-2-9-10(12-7-13-9)8-5-3-4-6-11-8/h7-8,11H,2-6H2,1H3. The topological polar surface area (TPSA) is 24.9 Å². The van der Waals surface area contributed by atoms with Gasteiger partial charge in [-0.1, -0.05) is 13.3 Å². The number of aromatic nitrogens is 1. The van der Waals surface area contributed by atoms with Gasteiger partial charge in [0.25, 0.3) is 0 Å². The van der Waals surface area contributed by atoms with Crippen LogP contribution in [0.15, 0.2) is 5.51 Å². The van der Waals surface area contributed by atoms with Crippen LogP contribution in [0.25, 0.3) is 0 Å². The molecule has 1 unspecified atom stereocenters. The first-order chi connectivity index (χ1) is 6.42. The highest BCUT2D eigenvalue weighted by molar-refractivity contribution is 7.09. The summed E-state index contributed by atoms with van der Waals surface area (Å²) in [5, 5.41) is 3.54. The molecule has 1 aromatic heterocycles. The van der Waals surface area contributed by atoms with E-state index in [1.807, 2.05) is 5.51 Å². The minimum absolute atomic E-state index is 0.537. The fourth-order valence-electron chi connectivity index (χ4n) is 1.91. The van der Waals surface area contributed by atoms with Crippen LogP contribution in [0.5, 0.6) is 0 Å². The first-order valence-corrected chi connectivity index (χ1v) is 5.95. The Labute approximate surface area is 83.4 Å². The fraction of sp³-hybridized carbons (Fsp3) is 0.700. The van der Waals surface area contributed by atoms with E-state index in [4.69, 9.17) is 0 Å². The van der Waals surface area contributed by atoms with E-state index in [0.29, 0.717) is 6.04 Å². The van der Waals surface area contributed by atoms with Crippen LogP contribution in [0.3, 0.4) is 0 Å². The molecule has 0 aliphatic carbocycles. The molecule has 72 valence electrons. The van der Waals surface area contributed by atoms with Crippen molar-refractivity contribution in [2.24, 2.45) is 0 Å². The van der Waals surface area contributed by atoms with Gasteiger partial charge in [0.2, 0.25) is 0 Å². The summed E-state index contributed by atoms with van der Waals surface area (Å²) >= 11 is 1.79. The third-order valence-electron chi connectivity index (χ3n) is 2.63. The Morgan fingerprint density at radius 1 is 1.62 bits per heavy atom. The predicted molar refractivity (Wildman–Crippen MR) is 56.1 cm³/mol. The molecule has 1 fully saturated rings. The molecule has 0 spiro atoms. The van der Waals surface area contributed by atoms with Crippen molar-refractivity contribution in [1.82, 2.24) is 10.3 Å². The Bertz CT molecular complexity index is 264. The number of nitrogens with one attached hydrogen (secondary N) is 1. The van der Waals surface area contributed by atoms with E-state index in [9.17, 15) is 0 Å². The predicted octanol–water partition coefficient (Wildman–Crippen LogP) is 2.52. The molecule has 2 nitrogen and oxygen atoms in total. The zero-order chi connectivity index (χ0) is 9.10. The van der Waals surface area contributed by atoms with Crippen molar-refractivity contribution in [2.45, 2.75) is 38.6 Å². The van der Waals surface area contributed by atoms with Crippen molar-refractivity contribution in [1.29, 1.82) is 0 Å².